The van der Waals surface area contributed by atoms with E-state index < -0.39 is 6.10 Å². The highest BCUT2D eigenvalue weighted by molar-refractivity contribution is 5.86. The van der Waals surface area contributed by atoms with E-state index in [-0.39, 0.29) is 5.41 Å². The van der Waals surface area contributed by atoms with E-state index in [0.717, 1.165) is 29.3 Å². The fraction of sp³-hybridized carbons (Fsp3) is 0.588. The Kier molecular flexibility index (Phi) is 3.33. The van der Waals surface area contributed by atoms with Crippen molar-refractivity contribution in [3.8, 4) is 0 Å². The quantitative estimate of drug-likeness (QED) is 0.871. The highest BCUT2D eigenvalue weighted by Gasteiger charge is 2.29. The van der Waals surface area contributed by atoms with Crippen molar-refractivity contribution < 1.29 is 5.11 Å². The molecule has 1 aliphatic carbocycles. The third kappa shape index (κ3) is 2.73. The summed E-state index contributed by atoms with van der Waals surface area (Å²) in [5.74, 6) is 0.621. The molecule has 1 saturated carbocycles. The summed E-state index contributed by atoms with van der Waals surface area (Å²) in [5, 5.41) is 19.3. The number of aliphatic hydroxyl groups is 1. The number of fused-ring (bicyclic) bond motifs is 1. The van der Waals surface area contributed by atoms with Crippen LogP contribution in [-0.2, 0) is 0 Å². The largest absolute Gasteiger partial charge is 0.388 e. The molecular formula is C17H24N2O. The first-order valence-electron chi connectivity index (χ1n) is 7.61. The van der Waals surface area contributed by atoms with Crippen LogP contribution >= 0.6 is 0 Å². The molecular weight excluding hydrogens is 248 g/mol. The molecule has 1 atom stereocenters. The molecule has 0 unspecified atom stereocenters. The number of hydrogen-bond acceptors (Lipinski definition) is 2. The van der Waals surface area contributed by atoms with Crippen LogP contribution < -0.4 is 0 Å². The number of H-pyrrole nitrogens is 1. The van der Waals surface area contributed by atoms with Crippen LogP contribution in [0.5, 0.6) is 0 Å². The van der Waals surface area contributed by atoms with Gasteiger partial charge in [0, 0.05) is 17.0 Å². The molecule has 0 amide bonds. The number of nitrogens with zero attached hydrogens (tertiary/aromatic N) is 1. The molecule has 2 aromatic rings. The summed E-state index contributed by atoms with van der Waals surface area (Å²) < 4.78 is 0. The summed E-state index contributed by atoms with van der Waals surface area (Å²) in [4.78, 5) is 0. The second-order valence-corrected chi connectivity index (χ2v) is 7.27. The van der Waals surface area contributed by atoms with Gasteiger partial charge in [-0.1, -0.05) is 32.9 Å². The zero-order chi connectivity index (χ0) is 14.3. The summed E-state index contributed by atoms with van der Waals surface area (Å²) in [6, 6.07) is 6.07. The molecule has 3 rings (SSSR count). The lowest BCUT2D eigenvalue weighted by Gasteiger charge is -2.21. The molecule has 1 heterocycles. The Hall–Kier alpha value is -1.35. The molecule has 0 aliphatic heterocycles. The molecule has 2 N–H and O–H groups in total. The van der Waals surface area contributed by atoms with Crippen molar-refractivity contribution in [3.63, 3.8) is 0 Å². The molecule has 0 saturated heterocycles. The number of benzene rings is 1. The maximum Gasteiger partial charge on any atom is 0.0927 e. The van der Waals surface area contributed by atoms with E-state index >= 15 is 0 Å². The Morgan fingerprint density at radius 1 is 1.35 bits per heavy atom. The van der Waals surface area contributed by atoms with Gasteiger partial charge in [-0.2, -0.15) is 5.10 Å². The SMILES string of the molecule is CC(C)(C)CC[C@H](O)c1cccc2n[nH]c(C3CC3)c12. The Balaban J connectivity index is 1.92. The normalized spacial score (nSPS) is 17.6. The van der Waals surface area contributed by atoms with Crippen LogP contribution in [0.4, 0.5) is 0 Å². The minimum Gasteiger partial charge on any atom is -0.388 e. The highest BCUT2D eigenvalue weighted by atomic mass is 16.3. The molecule has 0 bridgehead atoms. The molecule has 1 aromatic heterocycles. The van der Waals surface area contributed by atoms with Crippen LogP contribution in [0.3, 0.4) is 0 Å². The Morgan fingerprint density at radius 2 is 2.10 bits per heavy atom. The topological polar surface area (TPSA) is 48.9 Å². The summed E-state index contributed by atoms with van der Waals surface area (Å²) >= 11 is 0. The lowest BCUT2D eigenvalue weighted by molar-refractivity contribution is 0.149. The van der Waals surface area contributed by atoms with Crippen LogP contribution in [0.25, 0.3) is 10.9 Å². The number of aliphatic hydroxyl groups excluding tert-OH is 1. The van der Waals surface area contributed by atoms with Crippen molar-refractivity contribution in [1.82, 2.24) is 10.2 Å². The summed E-state index contributed by atoms with van der Waals surface area (Å²) in [5.41, 5.74) is 3.51. The van der Waals surface area contributed by atoms with E-state index in [4.69, 9.17) is 0 Å². The van der Waals surface area contributed by atoms with Gasteiger partial charge in [-0.25, -0.2) is 0 Å². The van der Waals surface area contributed by atoms with Gasteiger partial charge in [0.2, 0.25) is 0 Å². The van der Waals surface area contributed by atoms with E-state index in [2.05, 4.69) is 37.0 Å². The van der Waals surface area contributed by atoms with Gasteiger partial charge in [0.1, 0.15) is 0 Å². The first kappa shape index (κ1) is 13.6. The van der Waals surface area contributed by atoms with Crippen molar-refractivity contribution in [2.24, 2.45) is 5.41 Å². The van der Waals surface area contributed by atoms with Crippen molar-refractivity contribution >= 4 is 10.9 Å². The summed E-state index contributed by atoms with van der Waals surface area (Å²) in [6.45, 7) is 6.65. The fourth-order valence-corrected chi connectivity index (χ4v) is 2.79. The standard InChI is InChI=1S/C17H24N2O/c1-17(2,3)10-9-14(20)12-5-4-6-13-15(12)16(19-18-13)11-7-8-11/h4-6,11,14,20H,7-10H2,1-3H3,(H,18,19)/t14-/m0/s1. The number of aromatic nitrogens is 2. The summed E-state index contributed by atoms with van der Waals surface area (Å²) in [7, 11) is 0. The molecule has 0 radical (unpaired) electrons. The van der Waals surface area contributed by atoms with Crippen LogP contribution in [0, 0.1) is 5.41 Å². The molecule has 20 heavy (non-hydrogen) atoms. The van der Waals surface area contributed by atoms with Gasteiger partial charge in [0.15, 0.2) is 0 Å². The van der Waals surface area contributed by atoms with Gasteiger partial charge >= 0.3 is 0 Å². The maximum atomic E-state index is 10.6. The van der Waals surface area contributed by atoms with Gasteiger partial charge in [0.05, 0.1) is 11.6 Å². The lowest BCUT2D eigenvalue weighted by Crippen LogP contribution is -2.08. The van der Waals surface area contributed by atoms with Gasteiger partial charge in [-0.15, -0.1) is 0 Å². The average Bonchev–Trinajstić information content (AvgIpc) is 3.14. The fourth-order valence-electron chi connectivity index (χ4n) is 2.79. The summed E-state index contributed by atoms with van der Waals surface area (Å²) in [6.07, 6.45) is 3.90. The molecule has 1 fully saturated rings. The molecule has 1 aliphatic rings. The number of aromatic amines is 1. The predicted molar refractivity (Wildman–Crippen MR) is 81.7 cm³/mol. The minimum absolute atomic E-state index is 0.255. The van der Waals surface area contributed by atoms with Gasteiger partial charge in [-0.05, 0) is 42.7 Å². The van der Waals surface area contributed by atoms with E-state index in [1.807, 2.05) is 12.1 Å². The molecule has 1 aromatic carbocycles. The Morgan fingerprint density at radius 3 is 2.75 bits per heavy atom. The maximum absolute atomic E-state index is 10.6. The molecule has 108 valence electrons. The second kappa shape index (κ2) is 4.88. The van der Waals surface area contributed by atoms with E-state index in [0.29, 0.717) is 5.92 Å². The van der Waals surface area contributed by atoms with Crippen molar-refractivity contribution in [2.45, 2.75) is 58.5 Å². The van der Waals surface area contributed by atoms with Crippen molar-refractivity contribution in [2.75, 3.05) is 0 Å². The second-order valence-electron chi connectivity index (χ2n) is 7.27. The number of nitrogens with one attached hydrogen (secondary N) is 1. The zero-order valence-corrected chi connectivity index (χ0v) is 12.6. The molecule has 0 spiro atoms. The smallest absolute Gasteiger partial charge is 0.0927 e. The number of hydrogen-bond donors (Lipinski definition) is 2. The van der Waals surface area contributed by atoms with E-state index in [9.17, 15) is 5.11 Å². The predicted octanol–water partition coefficient (Wildman–Crippen LogP) is 4.30. The van der Waals surface area contributed by atoms with Gasteiger partial charge in [-0.3, -0.25) is 5.10 Å². The van der Waals surface area contributed by atoms with Crippen LogP contribution in [0.15, 0.2) is 18.2 Å². The van der Waals surface area contributed by atoms with Crippen LogP contribution in [-0.4, -0.2) is 15.3 Å². The van der Waals surface area contributed by atoms with Gasteiger partial charge in [0.25, 0.3) is 0 Å². The van der Waals surface area contributed by atoms with E-state index in [1.165, 1.54) is 18.5 Å². The first-order valence-corrected chi connectivity index (χ1v) is 7.61. The number of rotatable bonds is 4. The molecule has 3 heteroatoms. The minimum atomic E-state index is -0.395. The van der Waals surface area contributed by atoms with Crippen molar-refractivity contribution in [1.29, 1.82) is 0 Å². The Labute approximate surface area is 120 Å². The van der Waals surface area contributed by atoms with E-state index in [1.54, 1.807) is 0 Å². The highest BCUT2D eigenvalue weighted by Crippen LogP contribution is 2.44. The average molecular weight is 272 g/mol. The van der Waals surface area contributed by atoms with Gasteiger partial charge < -0.3 is 5.11 Å². The first-order chi connectivity index (χ1) is 9.46. The third-order valence-corrected chi connectivity index (χ3v) is 4.15. The zero-order valence-electron chi connectivity index (χ0n) is 12.6. The van der Waals surface area contributed by atoms with Crippen LogP contribution in [0.1, 0.15) is 69.7 Å². The molecule has 3 nitrogen and oxygen atoms in total. The lowest BCUT2D eigenvalue weighted by atomic mass is 9.87. The third-order valence-electron chi connectivity index (χ3n) is 4.15. The van der Waals surface area contributed by atoms with Crippen LogP contribution in [0.2, 0.25) is 0 Å². The van der Waals surface area contributed by atoms with Crippen molar-refractivity contribution in [3.05, 3.63) is 29.5 Å². The Bertz CT molecular complexity index is 605. The monoisotopic (exact) mass is 272 g/mol.